The van der Waals surface area contributed by atoms with E-state index in [1.54, 1.807) is 25.3 Å². The second-order valence-corrected chi connectivity index (χ2v) is 4.85. The van der Waals surface area contributed by atoms with Crippen LogP contribution >= 0.6 is 11.6 Å². The largest absolute Gasteiger partial charge is 0.462 e. The summed E-state index contributed by atoms with van der Waals surface area (Å²) in [4.78, 5) is 16.3. The normalized spacial score (nSPS) is 10.6. The van der Waals surface area contributed by atoms with Crippen molar-refractivity contribution in [2.45, 2.75) is 6.92 Å². The van der Waals surface area contributed by atoms with E-state index in [9.17, 15) is 4.79 Å². The van der Waals surface area contributed by atoms with Gasteiger partial charge in [-0.1, -0.05) is 23.7 Å². The molecule has 2 heterocycles. The Bertz CT molecular complexity index is 831. The van der Waals surface area contributed by atoms with Crippen LogP contribution in [-0.2, 0) is 4.74 Å². The van der Waals surface area contributed by atoms with Gasteiger partial charge in [0.25, 0.3) is 0 Å². The first-order chi connectivity index (χ1) is 10.7. The standard InChI is InChI=1S/C15H13ClN4O2/c1-2-22-15(21)10-9-17-13-7-8-18-20(13)14(10)19-12-6-4-3-5-11(12)16/h3-9,19H,2H2,1H3. The van der Waals surface area contributed by atoms with E-state index in [2.05, 4.69) is 15.4 Å². The Labute approximate surface area is 131 Å². The number of esters is 1. The van der Waals surface area contributed by atoms with Crippen molar-refractivity contribution in [3.8, 4) is 0 Å². The highest BCUT2D eigenvalue weighted by Crippen LogP contribution is 2.27. The SMILES string of the molecule is CCOC(=O)c1cnc2ccnn2c1Nc1ccccc1Cl. The number of para-hydroxylation sites is 1. The van der Waals surface area contributed by atoms with E-state index in [-0.39, 0.29) is 12.2 Å². The molecule has 1 N–H and O–H groups in total. The van der Waals surface area contributed by atoms with Gasteiger partial charge in [-0.2, -0.15) is 9.61 Å². The number of rotatable bonds is 4. The molecule has 0 amide bonds. The molecular weight excluding hydrogens is 304 g/mol. The lowest BCUT2D eigenvalue weighted by Gasteiger charge is -2.13. The summed E-state index contributed by atoms with van der Waals surface area (Å²) in [7, 11) is 0. The predicted octanol–water partition coefficient (Wildman–Crippen LogP) is 3.30. The number of nitrogens with zero attached hydrogens (tertiary/aromatic N) is 3. The second kappa shape index (κ2) is 6.03. The lowest BCUT2D eigenvalue weighted by molar-refractivity contribution is 0.0526. The van der Waals surface area contributed by atoms with Gasteiger partial charge in [0.05, 0.1) is 23.5 Å². The second-order valence-electron chi connectivity index (χ2n) is 4.45. The van der Waals surface area contributed by atoms with Gasteiger partial charge in [-0.25, -0.2) is 9.78 Å². The van der Waals surface area contributed by atoms with E-state index in [1.165, 1.54) is 10.7 Å². The zero-order chi connectivity index (χ0) is 15.5. The van der Waals surface area contributed by atoms with Crippen molar-refractivity contribution in [1.82, 2.24) is 14.6 Å². The van der Waals surface area contributed by atoms with Gasteiger partial charge in [0, 0.05) is 12.3 Å². The molecule has 0 aliphatic carbocycles. The zero-order valence-corrected chi connectivity index (χ0v) is 12.5. The van der Waals surface area contributed by atoms with Crippen LogP contribution in [0.25, 0.3) is 5.65 Å². The first-order valence-electron chi connectivity index (χ1n) is 6.72. The summed E-state index contributed by atoms with van der Waals surface area (Å²) in [6.07, 6.45) is 3.07. The average Bonchev–Trinajstić information content (AvgIpc) is 2.99. The number of carbonyl (C=O) groups excluding carboxylic acids is 1. The third-order valence-corrected chi connectivity index (χ3v) is 3.37. The average molecular weight is 317 g/mol. The van der Waals surface area contributed by atoms with E-state index < -0.39 is 5.97 Å². The van der Waals surface area contributed by atoms with E-state index in [0.717, 1.165) is 0 Å². The topological polar surface area (TPSA) is 68.5 Å². The minimum absolute atomic E-state index is 0.279. The summed E-state index contributed by atoms with van der Waals surface area (Å²) < 4.78 is 6.61. The molecule has 0 saturated heterocycles. The van der Waals surface area contributed by atoms with Crippen molar-refractivity contribution in [3.63, 3.8) is 0 Å². The molecule has 0 spiro atoms. The molecule has 112 valence electrons. The van der Waals surface area contributed by atoms with Gasteiger partial charge in [0.1, 0.15) is 5.56 Å². The number of nitrogens with one attached hydrogen (secondary N) is 1. The molecular formula is C15H13ClN4O2. The molecule has 0 bridgehead atoms. The fourth-order valence-electron chi connectivity index (χ4n) is 2.04. The van der Waals surface area contributed by atoms with E-state index in [4.69, 9.17) is 16.3 Å². The predicted molar refractivity (Wildman–Crippen MR) is 83.7 cm³/mol. The summed E-state index contributed by atoms with van der Waals surface area (Å²) in [6, 6.07) is 8.99. The molecule has 22 heavy (non-hydrogen) atoms. The van der Waals surface area contributed by atoms with Crippen LogP contribution in [0.3, 0.4) is 0 Å². The molecule has 2 aromatic heterocycles. The summed E-state index contributed by atoms with van der Waals surface area (Å²) in [6.45, 7) is 2.03. The molecule has 0 atom stereocenters. The van der Waals surface area contributed by atoms with E-state index in [0.29, 0.717) is 22.2 Å². The Morgan fingerprint density at radius 1 is 1.36 bits per heavy atom. The lowest BCUT2D eigenvalue weighted by Crippen LogP contribution is -2.12. The highest BCUT2D eigenvalue weighted by Gasteiger charge is 2.18. The van der Waals surface area contributed by atoms with Crippen LogP contribution < -0.4 is 5.32 Å². The van der Waals surface area contributed by atoms with Gasteiger partial charge < -0.3 is 10.1 Å². The van der Waals surface area contributed by atoms with Crippen LogP contribution in [0, 0.1) is 0 Å². The summed E-state index contributed by atoms with van der Waals surface area (Å²) in [5.74, 6) is -0.0106. The maximum Gasteiger partial charge on any atom is 0.343 e. The highest BCUT2D eigenvalue weighted by molar-refractivity contribution is 6.33. The van der Waals surface area contributed by atoms with Crippen LogP contribution in [0.4, 0.5) is 11.5 Å². The minimum atomic E-state index is -0.470. The first-order valence-corrected chi connectivity index (χ1v) is 7.10. The molecule has 0 saturated carbocycles. The molecule has 0 aliphatic heterocycles. The minimum Gasteiger partial charge on any atom is -0.462 e. The maximum absolute atomic E-state index is 12.1. The Morgan fingerprint density at radius 2 is 2.18 bits per heavy atom. The number of halogens is 1. The van der Waals surface area contributed by atoms with Crippen LogP contribution in [0.15, 0.2) is 42.7 Å². The molecule has 1 aromatic carbocycles. The Hall–Kier alpha value is -2.60. The Balaban J connectivity index is 2.12. The van der Waals surface area contributed by atoms with Crippen molar-refractivity contribution in [2.75, 3.05) is 11.9 Å². The Morgan fingerprint density at radius 3 is 2.95 bits per heavy atom. The van der Waals surface area contributed by atoms with Gasteiger partial charge >= 0.3 is 5.97 Å². The summed E-state index contributed by atoms with van der Waals surface area (Å²) in [5.41, 5.74) is 1.57. The first kappa shape index (κ1) is 14.3. The van der Waals surface area contributed by atoms with Crippen molar-refractivity contribution in [1.29, 1.82) is 0 Å². The van der Waals surface area contributed by atoms with E-state index in [1.807, 2.05) is 18.2 Å². The Kier molecular flexibility index (Phi) is 3.93. The number of fused-ring (bicyclic) bond motifs is 1. The molecule has 0 radical (unpaired) electrons. The van der Waals surface area contributed by atoms with Gasteiger partial charge in [-0.05, 0) is 19.1 Å². The fraction of sp³-hybridized carbons (Fsp3) is 0.133. The number of hydrogen-bond donors (Lipinski definition) is 1. The number of benzene rings is 1. The van der Waals surface area contributed by atoms with Crippen molar-refractivity contribution in [3.05, 3.63) is 53.3 Å². The van der Waals surface area contributed by atoms with Crippen LogP contribution in [0.1, 0.15) is 17.3 Å². The fourth-order valence-corrected chi connectivity index (χ4v) is 2.22. The summed E-state index contributed by atoms with van der Waals surface area (Å²) >= 11 is 6.17. The van der Waals surface area contributed by atoms with Crippen LogP contribution in [0.5, 0.6) is 0 Å². The van der Waals surface area contributed by atoms with E-state index >= 15 is 0 Å². The van der Waals surface area contributed by atoms with Gasteiger partial charge in [-0.3, -0.25) is 0 Å². The molecule has 7 heteroatoms. The smallest absolute Gasteiger partial charge is 0.343 e. The molecule has 3 aromatic rings. The van der Waals surface area contributed by atoms with Crippen molar-refractivity contribution >= 4 is 34.7 Å². The molecule has 0 fully saturated rings. The van der Waals surface area contributed by atoms with Crippen molar-refractivity contribution < 1.29 is 9.53 Å². The quantitative estimate of drug-likeness (QED) is 0.748. The summed E-state index contributed by atoms with van der Waals surface area (Å²) in [5, 5.41) is 7.86. The molecule has 0 aliphatic rings. The van der Waals surface area contributed by atoms with Crippen LogP contribution in [-0.4, -0.2) is 27.2 Å². The van der Waals surface area contributed by atoms with Gasteiger partial charge in [-0.15, -0.1) is 0 Å². The number of aromatic nitrogens is 3. The third-order valence-electron chi connectivity index (χ3n) is 3.04. The molecule has 0 unspecified atom stereocenters. The zero-order valence-electron chi connectivity index (χ0n) is 11.8. The lowest BCUT2D eigenvalue weighted by atomic mass is 10.2. The van der Waals surface area contributed by atoms with Gasteiger partial charge in [0.15, 0.2) is 11.5 Å². The van der Waals surface area contributed by atoms with Gasteiger partial charge in [0.2, 0.25) is 0 Å². The van der Waals surface area contributed by atoms with Crippen LogP contribution in [0.2, 0.25) is 5.02 Å². The number of ether oxygens (including phenoxy) is 1. The molecule has 3 rings (SSSR count). The highest BCUT2D eigenvalue weighted by atomic mass is 35.5. The third kappa shape index (κ3) is 2.60. The monoisotopic (exact) mass is 316 g/mol. The number of carbonyl (C=O) groups is 1. The number of anilines is 2. The van der Waals surface area contributed by atoms with Crippen molar-refractivity contribution in [2.24, 2.45) is 0 Å². The molecule has 6 nitrogen and oxygen atoms in total. The maximum atomic E-state index is 12.1. The number of hydrogen-bond acceptors (Lipinski definition) is 5.